The van der Waals surface area contributed by atoms with Crippen molar-refractivity contribution >= 4 is 17.7 Å². The van der Waals surface area contributed by atoms with Crippen LogP contribution < -0.4 is 5.32 Å². The number of carbonyl (C=O) groups is 2. The molecule has 0 aromatic heterocycles. The van der Waals surface area contributed by atoms with E-state index < -0.39 is 17.0 Å². The highest BCUT2D eigenvalue weighted by Gasteiger charge is 2.28. The summed E-state index contributed by atoms with van der Waals surface area (Å²) < 4.78 is 10.5. The van der Waals surface area contributed by atoms with Crippen molar-refractivity contribution in [3.63, 3.8) is 0 Å². The van der Waals surface area contributed by atoms with Gasteiger partial charge >= 0.3 is 12.1 Å². The number of amides is 1. The number of alkyl carbamates (subject to hydrolysis) is 1. The van der Waals surface area contributed by atoms with Crippen molar-refractivity contribution in [2.45, 2.75) is 5.92 Å². The van der Waals surface area contributed by atoms with E-state index in [1.807, 2.05) is 36.4 Å². The van der Waals surface area contributed by atoms with Crippen LogP contribution in [0, 0.1) is 10.1 Å². The lowest BCUT2D eigenvalue weighted by molar-refractivity contribution is -0.384. The van der Waals surface area contributed by atoms with Gasteiger partial charge in [0.25, 0.3) is 5.69 Å². The first kappa shape index (κ1) is 21.0. The molecule has 0 heterocycles. The highest BCUT2D eigenvalue weighted by molar-refractivity contribution is 5.89. The van der Waals surface area contributed by atoms with Gasteiger partial charge in [0.1, 0.15) is 13.2 Å². The molecule has 1 aliphatic carbocycles. The molecule has 0 radical (unpaired) electrons. The maximum absolute atomic E-state index is 12.1. The molecule has 32 heavy (non-hydrogen) atoms. The predicted molar refractivity (Wildman–Crippen MR) is 116 cm³/mol. The summed E-state index contributed by atoms with van der Waals surface area (Å²) in [4.78, 5) is 34.2. The molecule has 0 aliphatic heterocycles. The molecule has 3 aromatic carbocycles. The van der Waals surface area contributed by atoms with Crippen LogP contribution in [0.5, 0.6) is 0 Å². The van der Waals surface area contributed by atoms with Crippen molar-refractivity contribution in [3.8, 4) is 11.1 Å². The first-order valence-corrected chi connectivity index (χ1v) is 10.0. The number of esters is 1. The number of nitrogens with zero attached hydrogens (tertiary/aromatic N) is 1. The lowest BCUT2D eigenvalue weighted by Gasteiger charge is -2.14. The molecule has 1 N–H and O–H groups in total. The summed E-state index contributed by atoms with van der Waals surface area (Å²) in [5.74, 6) is -0.664. The molecule has 0 atom stereocenters. The lowest BCUT2D eigenvalue weighted by Crippen LogP contribution is -2.29. The Hall–Kier alpha value is -4.20. The summed E-state index contributed by atoms with van der Waals surface area (Å²) in [5.41, 5.74) is 4.62. The standard InChI is InChI=1S/C24H20N2O6/c27-23(16-9-11-17(12-10-16)26(29)30)31-14-13-25-24(28)32-15-22-20-7-3-1-5-18(20)19-6-2-4-8-21(19)22/h1-12,22H,13-15H2,(H,25,28). The van der Waals surface area contributed by atoms with E-state index in [1.165, 1.54) is 24.3 Å². The van der Waals surface area contributed by atoms with Crippen LogP contribution in [0.2, 0.25) is 0 Å². The molecule has 8 nitrogen and oxygen atoms in total. The Bertz CT molecular complexity index is 1110. The molecule has 0 spiro atoms. The van der Waals surface area contributed by atoms with Gasteiger partial charge in [-0.1, -0.05) is 48.5 Å². The van der Waals surface area contributed by atoms with Gasteiger partial charge in [0, 0.05) is 18.1 Å². The molecule has 0 fully saturated rings. The first-order valence-electron chi connectivity index (χ1n) is 10.0. The Morgan fingerprint density at radius 3 is 2.06 bits per heavy atom. The average molecular weight is 432 g/mol. The van der Waals surface area contributed by atoms with Gasteiger partial charge < -0.3 is 14.8 Å². The van der Waals surface area contributed by atoms with Crippen LogP contribution in [0.25, 0.3) is 11.1 Å². The minimum absolute atomic E-state index is 0.0342. The summed E-state index contributed by atoms with van der Waals surface area (Å²) in [6.07, 6.45) is -0.599. The second kappa shape index (κ2) is 9.30. The number of benzene rings is 3. The molecule has 8 heteroatoms. The number of hydrogen-bond acceptors (Lipinski definition) is 6. The second-order valence-corrected chi connectivity index (χ2v) is 7.19. The van der Waals surface area contributed by atoms with Gasteiger partial charge in [-0.05, 0) is 34.4 Å². The quantitative estimate of drug-likeness (QED) is 0.258. The minimum Gasteiger partial charge on any atom is -0.460 e. The van der Waals surface area contributed by atoms with Gasteiger partial charge in [0.15, 0.2) is 0 Å². The fourth-order valence-electron chi connectivity index (χ4n) is 3.75. The number of ether oxygens (including phenoxy) is 2. The van der Waals surface area contributed by atoms with E-state index in [-0.39, 0.29) is 36.9 Å². The van der Waals surface area contributed by atoms with Gasteiger partial charge in [0.2, 0.25) is 0 Å². The van der Waals surface area contributed by atoms with Crippen molar-refractivity contribution in [2.24, 2.45) is 0 Å². The normalized spacial score (nSPS) is 11.9. The number of rotatable bonds is 7. The fraction of sp³-hybridized carbons (Fsp3) is 0.167. The van der Waals surface area contributed by atoms with E-state index >= 15 is 0 Å². The minimum atomic E-state index is -0.630. The summed E-state index contributed by atoms with van der Waals surface area (Å²) >= 11 is 0. The zero-order valence-electron chi connectivity index (χ0n) is 17.0. The summed E-state index contributed by atoms with van der Waals surface area (Å²) in [6.45, 7) is 0.220. The third kappa shape index (κ3) is 4.44. The monoisotopic (exact) mass is 432 g/mol. The highest BCUT2D eigenvalue weighted by Crippen LogP contribution is 2.44. The number of fused-ring (bicyclic) bond motifs is 3. The zero-order chi connectivity index (χ0) is 22.5. The molecule has 0 bridgehead atoms. The van der Waals surface area contributed by atoms with Crippen LogP contribution in [-0.4, -0.2) is 36.7 Å². The molecular weight excluding hydrogens is 412 g/mol. The maximum atomic E-state index is 12.1. The van der Waals surface area contributed by atoms with Crippen molar-refractivity contribution in [1.29, 1.82) is 0 Å². The molecule has 0 unspecified atom stereocenters. The SMILES string of the molecule is O=C(NCCOC(=O)c1ccc([N+](=O)[O-])cc1)OCC1c2ccccc2-c2ccccc21. The van der Waals surface area contributed by atoms with Gasteiger partial charge in [-0.25, -0.2) is 9.59 Å². The van der Waals surface area contributed by atoms with E-state index in [2.05, 4.69) is 17.4 Å². The summed E-state index contributed by atoms with van der Waals surface area (Å²) in [6, 6.07) is 21.2. The lowest BCUT2D eigenvalue weighted by atomic mass is 9.98. The third-order valence-electron chi connectivity index (χ3n) is 5.26. The molecule has 3 aromatic rings. The van der Waals surface area contributed by atoms with E-state index in [0.717, 1.165) is 22.3 Å². The van der Waals surface area contributed by atoms with Crippen LogP contribution >= 0.6 is 0 Å². The van der Waals surface area contributed by atoms with Gasteiger partial charge in [-0.3, -0.25) is 10.1 Å². The maximum Gasteiger partial charge on any atom is 0.407 e. The third-order valence-corrected chi connectivity index (χ3v) is 5.26. The molecule has 162 valence electrons. The Morgan fingerprint density at radius 2 is 1.47 bits per heavy atom. The first-order chi connectivity index (χ1) is 15.5. The van der Waals surface area contributed by atoms with E-state index in [9.17, 15) is 19.7 Å². The molecule has 4 rings (SSSR count). The zero-order valence-corrected chi connectivity index (χ0v) is 17.0. The van der Waals surface area contributed by atoms with Gasteiger partial charge in [0.05, 0.1) is 17.0 Å². The van der Waals surface area contributed by atoms with Crippen LogP contribution in [0.3, 0.4) is 0 Å². The van der Waals surface area contributed by atoms with Crippen LogP contribution in [0.15, 0.2) is 72.8 Å². The van der Waals surface area contributed by atoms with Crippen molar-refractivity contribution < 1.29 is 24.0 Å². The number of nitro groups is 1. The number of nitrogens with one attached hydrogen (secondary N) is 1. The predicted octanol–water partition coefficient (Wildman–Crippen LogP) is 4.29. The van der Waals surface area contributed by atoms with E-state index in [0.29, 0.717) is 0 Å². The molecule has 1 amide bonds. The Morgan fingerprint density at radius 1 is 0.875 bits per heavy atom. The van der Waals surface area contributed by atoms with E-state index in [4.69, 9.17) is 9.47 Å². The average Bonchev–Trinajstić information content (AvgIpc) is 3.14. The Labute approximate surface area is 183 Å². The second-order valence-electron chi connectivity index (χ2n) is 7.19. The molecule has 1 aliphatic rings. The van der Waals surface area contributed by atoms with Crippen LogP contribution in [0.4, 0.5) is 10.5 Å². The number of nitro benzene ring substituents is 1. The molecule has 0 saturated heterocycles. The number of carbonyl (C=O) groups excluding carboxylic acids is 2. The Kier molecular flexibility index (Phi) is 6.12. The van der Waals surface area contributed by atoms with Crippen LogP contribution in [-0.2, 0) is 9.47 Å². The summed E-state index contributed by atoms with van der Waals surface area (Å²) in [5, 5.41) is 13.2. The number of non-ortho nitro benzene ring substituents is 1. The van der Waals surface area contributed by atoms with E-state index in [1.54, 1.807) is 0 Å². The van der Waals surface area contributed by atoms with Crippen LogP contribution in [0.1, 0.15) is 27.4 Å². The number of hydrogen-bond donors (Lipinski definition) is 1. The van der Waals surface area contributed by atoms with Crippen molar-refractivity contribution in [2.75, 3.05) is 19.8 Å². The topological polar surface area (TPSA) is 108 Å². The van der Waals surface area contributed by atoms with Gasteiger partial charge in [-0.2, -0.15) is 0 Å². The summed E-state index contributed by atoms with van der Waals surface area (Å²) in [7, 11) is 0. The molecular formula is C24H20N2O6. The van der Waals surface area contributed by atoms with Crippen molar-refractivity contribution in [1.82, 2.24) is 5.32 Å². The smallest absolute Gasteiger partial charge is 0.407 e. The van der Waals surface area contributed by atoms with Gasteiger partial charge in [-0.15, -0.1) is 0 Å². The Balaban J connectivity index is 1.24. The molecule has 0 saturated carbocycles. The highest BCUT2D eigenvalue weighted by atomic mass is 16.6. The van der Waals surface area contributed by atoms with Crippen molar-refractivity contribution in [3.05, 3.63) is 99.6 Å². The largest absolute Gasteiger partial charge is 0.460 e. The fourth-order valence-corrected chi connectivity index (χ4v) is 3.75.